The van der Waals surface area contributed by atoms with E-state index >= 15 is 0 Å². The molecule has 0 aliphatic rings. The highest BCUT2D eigenvalue weighted by Gasteiger charge is 2.35. The fraction of sp³-hybridized carbons (Fsp3) is 0.211. The second kappa shape index (κ2) is 7.53. The van der Waals surface area contributed by atoms with E-state index < -0.39 is 21.9 Å². The smallest absolute Gasteiger partial charge is 0.375 e. The Morgan fingerprint density at radius 3 is 2.28 bits per heavy atom. The first kappa shape index (κ1) is 20.9. The Bertz CT molecular complexity index is 1120. The van der Waals surface area contributed by atoms with Crippen molar-refractivity contribution in [3.63, 3.8) is 0 Å². The molecule has 29 heavy (non-hydrogen) atoms. The predicted molar refractivity (Wildman–Crippen MR) is 104 cm³/mol. The normalized spacial score (nSPS) is 12.2. The van der Waals surface area contributed by atoms with Crippen LogP contribution in [0.4, 0.5) is 18.9 Å². The molecular weight excluding hydrogens is 405 g/mol. The van der Waals surface area contributed by atoms with Crippen molar-refractivity contribution >= 4 is 15.7 Å². The van der Waals surface area contributed by atoms with E-state index in [2.05, 4.69) is 5.10 Å². The van der Waals surface area contributed by atoms with Crippen molar-refractivity contribution in [3.05, 3.63) is 60.3 Å². The second-order valence-corrected chi connectivity index (χ2v) is 7.93. The Morgan fingerprint density at radius 2 is 1.72 bits per heavy atom. The van der Waals surface area contributed by atoms with Crippen LogP contribution in [0, 0.1) is 0 Å². The lowest BCUT2D eigenvalue weighted by molar-refractivity contribution is -0.141. The first-order valence-electron chi connectivity index (χ1n) is 8.63. The van der Waals surface area contributed by atoms with Crippen LogP contribution in [0.1, 0.15) is 12.6 Å². The minimum atomic E-state index is -4.70. The van der Waals surface area contributed by atoms with Crippen molar-refractivity contribution in [2.75, 3.05) is 18.5 Å². The molecule has 0 fully saturated rings. The standard InChI is InChI=1S/C19H19F3N4O2S/c1-3-25(2)14-10-8-13(9-11-14)16-12-18(19(20,21)22)24-26(16)15-6-4-5-7-17(15)29(23,27)28/h4-12H,3H2,1-2H3,(H2,23,27,28). The van der Waals surface area contributed by atoms with Crippen molar-refractivity contribution in [3.8, 4) is 16.9 Å². The molecule has 0 unspecified atom stereocenters. The summed E-state index contributed by atoms with van der Waals surface area (Å²) in [5.74, 6) is 0. The fourth-order valence-corrected chi connectivity index (χ4v) is 3.57. The van der Waals surface area contributed by atoms with Gasteiger partial charge in [-0.2, -0.15) is 18.3 Å². The summed E-state index contributed by atoms with van der Waals surface area (Å²) in [4.78, 5) is 1.65. The molecule has 1 heterocycles. The van der Waals surface area contributed by atoms with Crippen LogP contribution in [-0.4, -0.2) is 31.8 Å². The summed E-state index contributed by atoms with van der Waals surface area (Å²) in [5.41, 5.74) is 0.245. The van der Waals surface area contributed by atoms with E-state index in [1.165, 1.54) is 24.3 Å². The van der Waals surface area contributed by atoms with Crippen LogP contribution < -0.4 is 10.0 Å². The maximum Gasteiger partial charge on any atom is 0.435 e. The van der Waals surface area contributed by atoms with E-state index in [-0.39, 0.29) is 16.3 Å². The number of primary sulfonamides is 1. The summed E-state index contributed by atoms with van der Waals surface area (Å²) in [6, 6.07) is 13.3. The lowest BCUT2D eigenvalue weighted by atomic mass is 10.1. The number of halogens is 3. The summed E-state index contributed by atoms with van der Waals surface area (Å²) in [6.45, 7) is 2.74. The van der Waals surface area contributed by atoms with Gasteiger partial charge in [-0.15, -0.1) is 0 Å². The molecule has 0 atom stereocenters. The zero-order valence-corrected chi connectivity index (χ0v) is 16.5. The second-order valence-electron chi connectivity index (χ2n) is 6.40. The summed E-state index contributed by atoms with van der Waals surface area (Å²) in [7, 11) is -2.28. The Kier molecular flexibility index (Phi) is 5.42. The highest BCUT2D eigenvalue weighted by molar-refractivity contribution is 7.89. The van der Waals surface area contributed by atoms with Crippen LogP contribution in [-0.2, 0) is 16.2 Å². The molecule has 0 radical (unpaired) electrons. The Morgan fingerprint density at radius 1 is 1.10 bits per heavy atom. The number of anilines is 1. The zero-order valence-electron chi connectivity index (χ0n) is 15.7. The van der Waals surface area contributed by atoms with Crippen molar-refractivity contribution in [2.24, 2.45) is 5.14 Å². The van der Waals surface area contributed by atoms with Gasteiger partial charge in [0.2, 0.25) is 10.0 Å². The molecule has 0 amide bonds. The molecule has 3 aromatic rings. The summed E-state index contributed by atoms with van der Waals surface area (Å²) >= 11 is 0. The minimum Gasteiger partial charge on any atom is -0.375 e. The number of hydrogen-bond donors (Lipinski definition) is 1. The Labute approximate surface area is 166 Å². The summed E-state index contributed by atoms with van der Waals surface area (Å²) in [5, 5.41) is 8.89. The van der Waals surface area contributed by atoms with Crippen LogP contribution in [0.3, 0.4) is 0 Å². The molecule has 3 rings (SSSR count). The molecule has 0 bridgehead atoms. The molecule has 1 aromatic heterocycles. The lowest BCUT2D eigenvalue weighted by Gasteiger charge is -2.17. The molecule has 0 saturated carbocycles. The van der Waals surface area contributed by atoms with Crippen molar-refractivity contribution < 1.29 is 21.6 Å². The maximum absolute atomic E-state index is 13.3. The van der Waals surface area contributed by atoms with Gasteiger partial charge >= 0.3 is 6.18 Å². The van der Waals surface area contributed by atoms with E-state index in [1.54, 1.807) is 24.3 Å². The molecule has 2 N–H and O–H groups in total. The van der Waals surface area contributed by atoms with Gasteiger partial charge in [0, 0.05) is 24.8 Å². The highest BCUT2D eigenvalue weighted by Crippen LogP contribution is 2.34. The van der Waals surface area contributed by atoms with Crippen molar-refractivity contribution in [1.82, 2.24) is 9.78 Å². The first-order valence-corrected chi connectivity index (χ1v) is 10.2. The minimum absolute atomic E-state index is 0.0600. The molecule has 0 saturated heterocycles. The van der Waals surface area contributed by atoms with E-state index in [0.717, 1.165) is 23.0 Å². The van der Waals surface area contributed by atoms with Gasteiger partial charge in [-0.25, -0.2) is 18.2 Å². The predicted octanol–water partition coefficient (Wildman–Crippen LogP) is 3.66. The van der Waals surface area contributed by atoms with Gasteiger partial charge in [0.05, 0.1) is 11.4 Å². The van der Waals surface area contributed by atoms with Gasteiger partial charge < -0.3 is 4.90 Å². The van der Waals surface area contributed by atoms with Crippen molar-refractivity contribution in [2.45, 2.75) is 18.0 Å². The maximum atomic E-state index is 13.3. The summed E-state index contributed by atoms with van der Waals surface area (Å²) in [6.07, 6.45) is -4.70. The van der Waals surface area contributed by atoms with Gasteiger partial charge in [-0.05, 0) is 37.3 Å². The number of nitrogens with two attached hydrogens (primary N) is 1. The Hall–Kier alpha value is -2.85. The quantitative estimate of drug-likeness (QED) is 0.678. The highest BCUT2D eigenvalue weighted by atomic mass is 32.2. The van der Waals surface area contributed by atoms with Gasteiger partial charge in [0.25, 0.3) is 0 Å². The number of rotatable bonds is 5. The average Bonchev–Trinajstić information content (AvgIpc) is 3.12. The van der Waals surface area contributed by atoms with E-state index in [0.29, 0.717) is 5.56 Å². The first-order chi connectivity index (χ1) is 13.5. The third-order valence-electron chi connectivity index (χ3n) is 4.48. The van der Waals surface area contributed by atoms with Gasteiger partial charge in [-0.3, -0.25) is 0 Å². The molecule has 6 nitrogen and oxygen atoms in total. The van der Waals surface area contributed by atoms with Crippen LogP contribution >= 0.6 is 0 Å². The molecule has 0 aliphatic heterocycles. The zero-order chi connectivity index (χ0) is 21.4. The molecule has 0 aliphatic carbocycles. The molecule has 154 valence electrons. The number of nitrogens with zero attached hydrogens (tertiary/aromatic N) is 3. The van der Waals surface area contributed by atoms with E-state index in [9.17, 15) is 21.6 Å². The molecule has 2 aromatic carbocycles. The van der Waals surface area contributed by atoms with Crippen molar-refractivity contribution in [1.29, 1.82) is 0 Å². The third kappa shape index (κ3) is 4.28. The number of benzene rings is 2. The van der Waals surface area contributed by atoms with Crippen LogP contribution in [0.25, 0.3) is 16.9 Å². The van der Waals surface area contributed by atoms with Crippen LogP contribution in [0.15, 0.2) is 59.5 Å². The van der Waals surface area contributed by atoms with E-state index in [1.807, 2.05) is 18.9 Å². The van der Waals surface area contributed by atoms with Gasteiger partial charge in [0.1, 0.15) is 4.90 Å². The SMILES string of the molecule is CCN(C)c1ccc(-c2cc(C(F)(F)F)nn2-c2ccccc2S(N)(=O)=O)cc1. The lowest BCUT2D eigenvalue weighted by Crippen LogP contribution is -2.16. The topological polar surface area (TPSA) is 81.2 Å². The fourth-order valence-electron chi connectivity index (χ4n) is 2.85. The van der Waals surface area contributed by atoms with Crippen LogP contribution in [0.2, 0.25) is 0 Å². The Balaban J connectivity index is 2.23. The number of hydrogen-bond acceptors (Lipinski definition) is 4. The number of aromatic nitrogens is 2. The number of para-hydroxylation sites is 1. The van der Waals surface area contributed by atoms with Gasteiger partial charge in [0.15, 0.2) is 5.69 Å². The number of sulfonamides is 1. The largest absolute Gasteiger partial charge is 0.435 e. The number of alkyl halides is 3. The molecular formula is C19H19F3N4O2S. The van der Waals surface area contributed by atoms with Crippen LogP contribution in [0.5, 0.6) is 0 Å². The average molecular weight is 424 g/mol. The third-order valence-corrected chi connectivity index (χ3v) is 5.44. The van der Waals surface area contributed by atoms with Gasteiger partial charge in [-0.1, -0.05) is 24.3 Å². The summed E-state index contributed by atoms with van der Waals surface area (Å²) < 4.78 is 64.9. The molecule has 0 spiro atoms. The van der Waals surface area contributed by atoms with E-state index in [4.69, 9.17) is 5.14 Å². The molecule has 10 heteroatoms. The monoisotopic (exact) mass is 424 g/mol.